The summed E-state index contributed by atoms with van der Waals surface area (Å²) in [6.45, 7) is 2.99. The second-order valence-corrected chi connectivity index (χ2v) is 5.80. The van der Waals surface area contributed by atoms with Crippen molar-refractivity contribution in [1.82, 2.24) is 0 Å². The Morgan fingerprint density at radius 3 is 2.81 bits per heavy atom. The van der Waals surface area contributed by atoms with E-state index in [9.17, 15) is 25.0 Å². The van der Waals surface area contributed by atoms with Gasteiger partial charge < -0.3 is 20.5 Å². The largest absolute Gasteiger partial charge is 0.462 e. The van der Waals surface area contributed by atoms with Crippen LogP contribution in [0.1, 0.15) is 19.4 Å². The Balaban J connectivity index is 2.42. The Kier molecular flexibility index (Phi) is 4.08. The van der Waals surface area contributed by atoms with Crippen LogP contribution in [-0.2, 0) is 24.5 Å². The third-order valence-corrected chi connectivity index (χ3v) is 4.41. The molecule has 0 bridgehead atoms. The van der Waals surface area contributed by atoms with Gasteiger partial charge in [-0.1, -0.05) is 0 Å². The van der Waals surface area contributed by atoms with Crippen molar-refractivity contribution in [1.29, 1.82) is 5.26 Å². The summed E-state index contributed by atoms with van der Waals surface area (Å²) in [5.74, 6) is -2.02. The van der Waals surface area contributed by atoms with Gasteiger partial charge in [0, 0.05) is 23.4 Å². The maximum Gasteiger partial charge on any atom is 0.339 e. The van der Waals surface area contributed by atoms with E-state index in [2.05, 4.69) is 5.32 Å². The molecule has 0 saturated carbocycles. The van der Waals surface area contributed by atoms with Crippen LogP contribution in [0.25, 0.3) is 0 Å². The molecule has 0 saturated heterocycles. The quantitative estimate of drug-likeness (QED) is 0.458. The molecule has 1 aromatic rings. The third kappa shape index (κ3) is 2.32. The smallest absolute Gasteiger partial charge is 0.339 e. The first kappa shape index (κ1) is 17.9. The van der Waals surface area contributed by atoms with Crippen LogP contribution in [0.4, 0.5) is 11.4 Å². The molecule has 1 unspecified atom stereocenters. The minimum atomic E-state index is -1.99. The normalized spacial score (nSPS) is 20.7. The van der Waals surface area contributed by atoms with E-state index in [0.717, 1.165) is 6.07 Å². The van der Waals surface area contributed by atoms with E-state index in [1.54, 1.807) is 6.92 Å². The topological polar surface area (TPSA) is 158 Å². The number of anilines is 1. The highest BCUT2D eigenvalue weighted by Crippen LogP contribution is 2.52. The Morgan fingerprint density at radius 1 is 1.52 bits per heavy atom. The summed E-state index contributed by atoms with van der Waals surface area (Å²) >= 11 is 0. The number of non-ortho nitro benzene ring substituents is 1. The number of ether oxygens (including phenoxy) is 2. The molecule has 1 atom stereocenters. The second-order valence-electron chi connectivity index (χ2n) is 5.80. The third-order valence-electron chi connectivity index (χ3n) is 4.41. The zero-order valence-electron chi connectivity index (χ0n) is 14.4. The molecule has 0 aromatic heterocycles. The van der Waals surface area contributed by atoms with Crippen molar-refractivity contribution in [3.8, 4) is 6.07 Å². The fourth-order valence-electron chi connectivity index (χ4n) is 3.38. The number of carbonyl (C=O) groups is 2. The molecule has 1 aromatic carbocycles. The highest BCUT2D eigenvalue weighted by molar-refractivity contribution is 6.17. The van der Waals surface area contributed by atoms with Crippen LogP contribution in [-0.4, -0.2) is 23.4 Å². The standard InChI is InChI=1S/C17H14N4O6/c1-3-26-15(22)13-8(2)27-14(19)11(7-18)17(13)10-6-9(21(24)25)4-5-12(10)20-16(17)23/h4-6H,3,19H2,1-2H3,(H,20,23). The van der Waals surface area contributed by atoms with Crippen LogP contribution in [0.2, 0.25) is 0 Å². The Hall–Kier alpha value is -3.87. The van der Waals surface area contributed by atoms with Gasteiger partial charge in [0.15, 0.2) is 5.41 Å². The molecule has 0 radical (unpaired) electrons. The Bertz CT molecular complexity index is 1000. The molecule has 0 aliphatic carbocycles. The van der Waals surface area contributed by atoms with Gasteiger partial charge in [-0.15, -0.1) is 0 Å². The molecule has 2 heterocycles. The number of hydrogen-bond donors (Lipinski definition) is 2. The Morgan fingerprint density at radius 2 is 2.22 bits per heavy atom. The number of esters is 1. The van der Waals surface area contributed by atoms with E-state index in [4.69, 9.17) is 15.2 Å². The molecule has 0 fully saturated rings. The van der Waals surface area contributed by atoms with E-state index in [1.165, 1.54) is 19.1 Å². The summed E-state index contributed by atoms with van der Waals surface area (Å²) in [4.78, 5) is 36.3. The summed E-state index contributed by atoms with van der Waals surface area (Å²) in [5.41, 5.74) is 3.22. The summed E-state index contributed by atoms with van der Waals surface area (Å²) < 4.78 is 10.3. The lowest BCUT2D eigenvalue weighted by Gasteiger charge is -2.33. The molecule has 3 rings (SSSR count). The van der Waals surface area contributed by atoms with E-state index >= 15 is 0 Å². The van der Waals surface area contributed by atoms with Crippen molar-refractivity contribution in [2.24, 2.45) is 5.73 Å². The first-order valence-electron chi connectivity index (χ1n) is 7.86. The zero-order valence-corrected chi connectivity index (χ0v) is 14.4. The summed E-state index contributed by atoms with van der Waals surface area (Å²) in [6.07, 6.45) is 0. The van der Waals surface area contributed by atoms with Crippen molar-refractivity contribution < 1.29 is 24.0 Å². The number of hydrogen-bond acceptors (Lipinski definition) is 8. The van der Waals surface area contributed by atoms with Crippen molar-refractivity contribution in [3.63, 3.8) is 0 Å². The Labute approximate surface area is 153 Å². The molecule has 1 spiro atoms. The lowest BCUT2D eigenvalue weighted by molar-refractivity contribution is -0.384. The van der Waals surface area contributed by atoms with Crippen LogP contribution >= 0.6 is 0 Å². The molecule has 2 aliphatic heterocycles. The van der Waals surface area contributed by atoms with Gasteiger partial charge in [-0.2, -0.15) is 5.26 Å². The highest BCUT2D eigenvalue weighted by atomic mass is 16.6. The number of amides is 1. The minimum Gasteiger partial charge on any atom is -0.462 e. The average molecular weight is 370 g/mol. The van der Waals surface area contributed by atoms with Crippen molar-refractivity contribution >= 4 is 23.3 Å². The molecule has 10 nitrogen and oxygen atoms in total. The van der Waals surface area contributed by atoms with E-state index in [-0.39, 0.29) is 46.3 Å². The molecule has 2 aliphatic rings. The lowest BCUT2D eigenvalue weighted by Crippen LogP contribution is -2.45. The zero-order chi connectivity index (χ0) is 19.9. The highest BCUT2D eigenvalue weighted by Gasteiger charge is 2.60. The van der Waals surface area contributed by atoms with Gasteiger partial charge in [-0.05, 0) is 19.9 Å². The lowest BCUT2D eigenvalue weighted by atomic mass is 9.68. The first-order valence-corrected chi connectivity index (χ1v) is 7.86. The molecule has 1 amide bonds. The number of allylic oxidation sites excluding steroid dienone is 1. The molecule has 3 N–H and O–H groups in total. The fraction of sp³-hybridized carbons (Fsp3) is 0.235. The van der Waals surface area contributed by atoms with Crippen LogP contribution in [0.15, 0.2) is 41.0 Å². The molecular weight excluding hydrogens is 356 g/mol. The number of nitrogens with two attached hydrogens (primary N) is 1. The van der Waals surface area contributed by atoms with Crippen LogP contribution in [0.3, 0.4) is 0 Å². The first-order chi connectivity index (χ1) is 12.8. The van der Waals surface area contributed by atoms with Gasteiger partial charge in [0.05, 0.1) is 11.5 Å². The monoisotopic (exact) mass is 370 g/mol. The van der Waals surface area contributed by atoms with E-state index < -0.39 is 22.2 Å². The number of fused-ring (bicyclic) bond motifs is 2. The van der Waals surface area contributed by atoms with E-state index in [0.29, 0.717) is 0 Å². The number of nitro groups is 1. The van der Waals surface area contributed by atoms with Gasteiger partial charge in [0.1, 0.15) is 23.0 Å². The maximum absolute atomic E-state index is 13.0. The number of nitrogens with one attached hydrogen (secondary N) is 1. The summed E-state index contributed by atoms with van der Waals surface area (Å²) in [5, 5.41) is 23.4. The van der Waals surface area contributed by atoms with E-state index in [1.807, 2.05) is 6.07 Å². The number of nitro benzene ring substituents is 1. The number of benzene rings is 1. The van der Waals surface area contributed by atoms with Gasteiger partial charge in [-0.3, -0.25) is 14.9 Å². The SMILES string of the molecule is CCOC(=O)C1=C(C)OC(N)=C(C#N)C12C(=O)Nc1ccc([N+](=O)[O-])cc12. The number of carbonyl (C=O) groups excluding carboxylic acids is 2. The summed E-state index contributed by atoms with van der Waals surface area (Å²) in [7, 11) is 0. The maximum atomic E-state index is 13.0. The average Bonchev–Trinajstić information content (AvgIpc) is 2.87. The van der Waals surface area contributed by atoms with Gasteiger partial charge in [-0.25, -0.2) is 4.79 Å². The number of nitriles is 1. The molecular formula is C17H14N4O6. The van der Waals surface area contributed by atoms with Gasteiger partial charge >= 0.3 is 5.97 Å². The molecule has 138 valence electrons. The predicted molar refractivity (Wildman–Crippen MR) is 90.6 cm³/mol. The summed E-state index contributed by atoms with van der Waals surface area (Å²) in [6, 6.07) is 5.48. The van der Waals surface area contributed by atoms with Crippen molar-refractivity contribution in [2.75, 3.05) is 11.9 Å². The predicted octanol–water partition coefficient (Wildman–Crippen LogP) is 1.35. The van der Waals surface area contributed by atoms with Crippen LogP contribution in [0.5, 0.6) is 0 Å². The van der Waals surface area contributed by atoms with Crippen molar-refractivity contribution in [2.45, 2.75) is 19.3 Å². The molecule has 27 heavy (non-hydrogen) atoms. The molecule has 10 heteroatoms. The fourth-order valence-corrected chi connectivity index (χ4v) is 3.38. The minimum absolute atomic E-state index is 0.0101. The van der Waals surface area contributed by atoms with Crippen LogP contribution in [0, 0.1) is 21.4 Å². The van der Waals surface area contributed by atoms with Crippen LogP contribution < -0.4 is 11.1 Å². The van der Waals surface area contributed by atoms with Gasteiger partial charge in [0.25, 0.3) is 5.69 Å². The van der Waals surface area contributed by atoms with Crippen molar-refractivity contribution in [3.05, 3.63) is 56.7 Å². The van der Waals surface area contributed by atoms with Gasteiger partial charge in [0.2, 0.25) is 11.8 Å². The second kappa shape index (κ2) is 6.14. The number of rotatable bonds is 3. The number of nitrogens with zero attached hydrogens (tertiary/aromatic N) is 2.